The summed E-state index contributed by atoms with van der Waals surface area (Å²) in [6, 6.07) is 0. The molecule has 4 aliphatic rings. The summed E-state index contributed by atoms with van der Waals surface area (Å²) in [6.07, 6.45) is 9.52. The van der Waals surface area contributed by atoms with Crippen LogP contribution in [0, 0.1) is 34.0 Å². The van der Waals surface area contributed by atoms with Gasteiger partial charge in [-0.1, -0.05) is 53.2 Å². The zero-order valence-electron chi connectivity index (χ0n) is 22.3. The van der Waals surface area contributed by atoms with E-state index < -0.39 is 22.5 Å². The van der Waals surface area contributed by atoms with Gasteiger partial charge < -0.3 is 19.7 Å². The van der Waals surface area contributed by atoms with Gasteiger partial charge in [-0.3, -0.25) is 4.79 Å². The van der Waals surface area contributed by atoms with E-state index in [2.05, 4.69) is 46.8 Å². The summed E-state index contributed by atoms with van der Waals surface area (Å²) in [5.74, 6) is -0.396. The van der Waals surface area contributed by atoms with Crippen molar-refractivity contribution in [2.24, 2.45) is 34.0 Å². The number of esters is 2. The average molecular weight is 489 g/mol. The van der Waals surface area contributed by atoms with Gasteiger partial charge >= 0.3 is 11.9 Å². The van der Waals surface area contributed by atoms with Crippen molar-refractivity contribution in [1.29, 1.82) is 0 Å². The van der Waals surface area contributed by atoms with Crippen molar-refractivity contribution in [3.8, 4) is 0 Å². The SMILES string of the molecule is CC(=O)OC1CC2(C)C=CC(CCC(C)C)C3(C(O)CCC(C)(C)C13)C2(O)CCC1=CC(=O)OC1. The molecule has 2 fully saturated rings. The summed E-state index contributed by atoms with van der Waals surface area (Å²) < 4.78 is 11.2. The zero-order chi connectivity index (χ0) is 25.8. The summed E-state index contributed by atoms with van der Waals surface area (Å²) in [5, 5.41) is 25.0. The Hall–Kier alpha value is -1.66. The third kappa shape index (κ3) is 4.09. The van der Waals surface area contributed by atoms with E-state index in [9.17, 15) is 19.8 Å². The highest BCUT2D eigenvalue weighted by molar-refractivity contribution is 5.85. The molecule has 4 rings (SSSR count). The number of carbonyl (C=O) groups excluding carboxylic acids is 2. The number of carbonyl (C=O) groups is 2. The van der Waals surface area contributed by atoms with E-state index in [1.807, 2.05) is 0 Å². The minimum Gasteiger partial charge on any atom is -0.462 e. The number of hydrogen-bond acceptors (Lipinski definition) is 6. The van der Waals surface area contributed by atoms with Gasteiger partial charge in [0, 0.05) is 29.7 Å². The van der Waals surface area contributed by atoms with Crippen LogP contribution in [0.4, 0.5) is 0 Å². The van der Waals surface area contributed by atoms with E-state index >= 15 is 0 Å². The smallest absolute Gasteiger partial charge is 0.331 e. The molecule has 35 heavy (non-hydrogen) atoms. The summed E-state index contributed by atoms with van der Waals surface area (Å²) in [4.78, 5) is 24.0. The predicted octanol–water partition coefficient (Wildman–Crippen LogP) is 4.73. The third-order valence-corrected chi connectivity index (χ3v) is 9.84. The van der Waals surface area contributed by atoms with Crippen LogP contribution in [-0.4, -0.2) is 46.6 Å². The zero-order valence-corrected chi connectivity index (χ0v) is 22.3. The van der Waals surface area contributed by atoms with E-state index in [0.717, 1.165) is 24.8 Å². The molecule has 6 heteroatoms. The number of hydrogen-bond donors (Lipinski definition) is 2. The van der Waals surface area contributed by atoms with Gasteiger partial charge in [0.05, 0.1) is 11.7 Å². The van der Waals surface area contributed by atoms with Gasteiger partial charge in [-0.25, -0.2) is 4.79 Å². The van der Waals surface area contributed by atoms with Crippen molar-refractivity contribution in [3.63, 3.8) is 0 Å². The molecule has 2 N–H and O–H groups in total. The van der Waals surface area contributed by atoms with Crippen molar-refractivity contribution in [2.75, 3.05) is 6.61 Å². The molecule has 1 heterocycles. The molecule has 3 aliphatic carbocycles. The minimum atomic E-state index is -1.23. The second-order valence-corrected chi connectivity index (χ2v) is 12.9. The monoisotopic (exact) mass is 488 g/mol. The maximum atomic E-state index is 13.0. The molecular formula is C29H44O6. The molecule has 2 saturated carbocycles. The molecule has 1 spiro atoms. The van der Waals surface area contributed by atoms with Gasteiger partial charge in [0.1, 0.15) is 12.7 Å². The number of aliphatic hydroxyl groups excluding tert-OH is 1. The lowest BCUT2D eigenvalue weighted by Crippen LogP contribution is -2.78. The lowest BCUT2D eigenvalue weighted by Gasteiger charge is -2.73. The van der Waals surface area contributed by atoms with Crippen LogP contribution in [0.1, 0.15) is 86.5 Å². The summed E-state index contributed by atoms with van der Waals surface area (Å²) >= 11 is 0. The van der Waals surface area contributed by atoms with Crippen LogP contribution in [0.5, 0.6) is 0 Å². The van der Waals surface area contributed by atoms with Gasteiger partial charge in [0.25, 0.3) is 0 Å². The largest absolute Gasteiger partial charge is 0.462 e. The molecule has 196 valence electrons. The fourth-order valence-corrected chi connectivity index (χ4v) is 8.35. The predicted molar refractivity (Wildman–Crippen MR) is 133 cm³/mol. The van der Waals surface area contributed by atoms with Crippen LogP contribution in [0.15, 0.2) is 23.8 Å². The Labute approximate surface area is 210 Å². The average Bonchev–Trinajstić information content (AvgIpc) is 3.16. The van der Waals surface area contributed by atoms with Gasteiger partial charge in [-0.2, -0.15) is 0 Å². The summed E-state index contributed by atoms with van der Waals surface area (Å²) in [7, 11) is 0. The molecule has 0 amide bonds. The number of aliphatic hydroxyl groups is 2. The van der Waals surface area contributed by atoms with Crippen LogP contribution < -0.4 is 0 Å². The topological polar surface area (TPSA) is 93.1 Å². The molecule has 7 unspecified atom stereocenters. The maximum Gasteiger partial charge on any atom is 0.331 e. The molecule has 0 aromatic carbocycles. The van der Waals surface area contributed by atoms with Crippen LogP contribution in [0.25, 0.3) is 0 Å². The van der Waals surface area contributed by atoms with Crippen LogP contribution in [0.2, 0.25) is 0 Å². The van der Waals surface area contributed by atoms with Gasteiger partial charge in [-0.05, 0) is 61.3 Å². The normalized spacial score (nSPS) is 41.9. The lowest BCUT2D eigenvalue weighted by molar-refractivity contribution is -0.324. The summed E-state index contributed by atoms with van der Waals surface area (Å²) in [5.41, 5.74) is -2.14. The molecule has 0 aromatic heterocycles. The standard InChI is InChI=1S/C29H44O6/c1-18(2)7-8-21-10-13-27(6)16-22(35-19(3)30)25-26(4,5)12-11-23(31)29(21,25)28(27,33)14-9-20-15-24(32)34-17-20/h10,13,15,18,21-23,25,31,33H,7-9,11-12,14,16-17H2,1-6H3. The Bertz CT molecular complexity index is 918. The van der Waals surface area contributed by atoms with Crippen molar-refractivity contribution >= 4 is 11.9 Å². The fourth-order valence-electron chi connectivity index (χ4n) is 8.35. The van der Waals surface area contributed by atoms with Crippen LogP contribution >= 0.6 is 0 Å². The highest BCUT2D eigenvalue weighted by Crippen LogP contribution is 2.73. The highest BCUT2D eigenvalue weighted by atomic mass is 16.5. The Morgan fingerprint density at radius 2 is 2.00 bits per heavy atom. The number of cyclic esters (lactones) is 1. The molecule has 1 aliphatic heterocycles. The molecule has 0 radical (unpaired) electrons. The van der Waals surface area contributed by atoms with E-state index in [0.29, 0.717) is 31.6 Å². The number of ether oxygens (including phenoxy) is 2. The quantitative estimate of drug-likeness (QED) is 0.398. The molecule has 6 nitrogen and oxygen atoms in total. The highest BCUT2D eigenvalue weighted by Gasteiger charge is 2.76. The van der Waals surface area contributed by atoms with Crippen molar-refractivity contribution in [3.05, 3.63) is 23.8 Å². The van der Waals surface area contributed by atoms with E-state index in [1.54, 1.807) is 0 Å². The van der Waals surface area contributed by atoms with Crippen LogP contribution in [0.3, 0.4) is 0 Å². The van der Waals surface area contributed by atoms with E-state index in [-0.39, 0.29) is 41.9 Å². The Morgan fingerprint density at radius 1 is 1.29 bits per heavy atom. The molecule has 0 aromatic rings. The van der Waals surface area contributed by atoms with Crippen molar-refractivity contribution < 1.29 is 29.3 Å². The summed E-state index contributed by atoms with van der Waals surface area (Å²) in [6.45, 7) is 12.6. The second-order valence-electron chi connectivity index (χ2n) is 12.9. The second kappa shape index (κ2) is 9.02. The Kier molecular flexibility index (Phi) is 6.81. The van der Waals surface area contributed by atoms with Crippen LogP contribution in [-0.2, 0) is 19.1 Å². The Balaban J connectivity index is 1.89. The molecule has 2 bridgehead atoms. The molecular weight excluding hydrogens is 444 g/mol. The number of rotatable bonds is 7. The fraction of sp³-hybridized carbons (Fsp3) is 0.793. The number of fused-ring (bicyclic) bond motifs is 1. The maximum absolute atomic E-state index is 13.0. The van der Waals surface area contributed by atoms with E-state index in [1.165, 1.54) is 13.0 Å². The van der Waals surface area contributed by atoms with Gasteiger partial charge in [0.2, 0.25) is 0 Å². The lowest BCUT2D eigenvalue weighted by atomic mass is 9.33. The van der Waals surface area contributed by atoms with E-state index in [4.69, 9.17) is 9.47 Å². The van der Waals surface area contributed by atoms with Crippen molar-refractivity contribution in [2.45, 2.75) is 104 Å². The van der Waals surface area contributed by atoms with Crippen molar-refractivity contribution in [1.82, 2.24) is 0 Å². The first-order valence-electron chi connectivity index (χ1n) is 13.4. The number of allylic oxidation sites excluding steroid dienone is 1. The first-order chi connectivity index (χ1) is 16.3. The Morgan fingerprint density at radius 3 is 2.60 bits per heavy atom. The molecule has 7 atom stereocenters. The first kappa shape index (κ1) is 26.4. The minimum absolute atomic E-state index is 0.0450. The third-order valence-electron chi connectivity index (χ3n) is 9.84. The van der Waals surface area contributed by atoms with Gasteiger partial charge in [-0.15, -0.1) is 0 Å². The van der Waals surface area contributed by atoms with Gasteiger partial charge in [0.15, 0.2) is 0 Å². The molecule has 0 saturated heterocycles. The first-order valence-corrected chi connectivity index (χ1v) is 13.4.